The number of alkyl halides is 3. The maximum absolute atomic E-state index is 12.8. The van der Waals surface area contributed by atoms with E-state index in [4.69, 9.17) is 5.73 Å². The molecule has 0 saturated heterocycles. The molecule has 7 heteroatoms. The number of rotatable bonds is 5. The fraction of sp³-hybridized carbons (Fsp3) is 0.100. The second-order valence-electron chi connectivity index (χ2n) is 5.88. The van der Waals surface area contributed by atoms with E-state index < -0.39 is 17.6 Å². The summed E-state index contributed by atoms with van der Waals surface area (Å²) in [5.74, 6) is -0.624. The SMILES string of the molecule is NC(=O)c1cccc(-c2ccc(C(F)(F)F)cc2)c1NCc1ccncc1. The van der Waals surface area contributed by atoms with Crippen LogP contribution >= 0.6 is 0 Å². The molecule has 2 aromatic carbocycles. The van der Waals surface area contributed by atoms with Crippen molar-refractivity contribution < 1.29 is 18.0 Å². The number of amides is 1. The van der Waals surface area contributed by atoms with E-state index in [0.717, 1.165) is 17.7 Å². The van der Waals surface area contributed by atoms with Gasteiger partial charge in [-0.25, -0.2) is 0 Å². The Morgan fingerprint density at radius 1 is 1.00 bits per heavy atom. The van der Waals surface area contributed by atoms with E-state index in [2.05, 4.69) is 10.3 Å². The Hall–Kier alpha value is -3.35. The highest BCUT2D eigenvalue weighted by atomic mass is 19.4. The Balaban J connectivity index is 1.99. The van der Waals surface area contributed by atoms with Crippen LogP contribution in [0.15, 0.2) is 67.0 Å². The molecule has 3 rings (SSSR count). The summed E-state index contributed by atoms with van der Waals surface area (Å²) in [5.41, 5.74) is 7.55. The zero-order chi connectivity index (χ0) is 19.4. The van der Waals surface area contributed by atoms with Crippen LogP contribution in [0.2, 0.25) is 0 Å². The number of nitrogens with one attached hydrogen (secondary N) is 1. The van der Waals surface area contributed by atoms with Crippen molar-refractivity contribution in [3.63, 3.8) is 0 Å². The van der Waals surface area contributed by atoms with Crippen molar-refractivity contribution >= 4 is 11.6 Å². The van der Waals surface area contributed by atoms with Crippen molar-refractivity contribution in [1.82, 2.24) is 4.98 Å². The molecule has 0 spiro atoms. The summed E-state index contributed by atoms with van der Waals surface area (Å²) < 4.78 is 38.4. The minimum atomic E-state index is -4.41. The number of benzene rings is 2. The molecular formula is C20H16F3N3O. The molecule has 0 radical (unpaired) electrons. The first kappa shape index (κ1) is 18.4. The summed E-state index contributed by atoms with van der Waals surface area (Å²) in [6, 6.07) is 13.4. The average Bonchev–Trinajstić information content (AvgIpc) is 2.66. The fourth-order valence-electron chi connectivity index (χ4n) is 2.72. The summed E-state index contributed by atoms with van der Waals surface area (Å²) in [6.07, 6.45) is -1.11. The molecule has 0 aliphatic rings. The molecule has 0 aliphatic carbocycles. The number of primary amides is 1. The smallest absolute Gasteiger partial charge is 0.380 e. The molecule has 3 N–H and O–H groups in total. The molecule has 0 bridgehead atoms. The van der Waals surface area contributed by atoms with Gasteiger partial charge >= 0.3 is 6.18 Å². The van der Waals surface area contributed by atoms with Gasteiger partial charge < -0.3 is 11.1 Å². The number of carbonyl (C=O) groups excluding carboxylic acids is 1. The molecule has 4 nitrogen and oxygen atoms in total. The van der Waals surface area contributed by atoms with Crippen LogP contribution in [-0.2, 0) is 12.7 Å². The number of pyridine rings is 1. The number of halogens is 3. The third kappa shape index (κ3) is 4.25. The van der Waals surface area contributed by atoms with Gasteiger partial charge in [-0.2, -0.15) is 13.2 Å². The van der Waals surface area contributed by atoms with Crippen molar-refractivity contribution in [1.29, 1.82) is 0 Å². The van der Waals surface area contributed by atoms with Gasteiger partial charge in [0.15, 0.2) is 0 Å². The summed E-state index contributed by atoms with van der Waals surface area (Å²) in [4.78, 5) is 15.8. The summed E-state index contributed by atoms with van der Waals surface area (Å²) in [6.45, 7) is 0.403. The summed E-state index contributed by atoms with van der Waals surface area (Å²) in [7, 11) is 0. The molecule has 0 saturated carbocycles. The Kier molecular flexibility index (Phi) is 5.12. The maximum atomic E-state index is 12.8. The molecule has 138 valence electrons. The molecule has 0 atom stereocenters. The fourth-order valence-corrected chi connectivity index (χ4v) is 2.72. The number of anilines is 1. The number of hydrogen-bond acceptors (Lipinski definition) is 3. The number of para-hydroxylation sites is 1. The lowest BCUT2D eigenvalue weighted by molar-refractivity contribution is -0.137. The van der Waals surface area contributed by atoms with E-state index in [9.17, 15) is 18.0 Å². The topological polar surface area (TPSA) is 68.0 Å². The van der Waals surface area contributed by atoms with E-state index in [-0.39, 0.29) is 5.56 Å². The van der Waals surface area contributed by atoms with Gasteiger partial charge in [0.25, 0.3) is 5.91 Å². The summed E-state index contributed by atoms with van der Waals surface area (Å²) >= 11 is 0. The second-order valence-corrected chi connectivity index (χ2v) is 5.88. The number of aromatic nitrogens is 1. The van der Waals surface area contributed by atoms with Gasteiger partial charge in [-0.1, -0.05) is 24.3 Å². The predicted octanol–water partition coefficient (Wildman–Crippen LogP) is 4.48. The first-order valence-electron chi connectivity index (χ1n) is 8.09. The lowest BCUT2D eigenvalue weighted by Gasteiger charge is -2.16. The molecular weight excluding hydrogens is 355 g/mol. The zero-order valence-corrected chi connectivity index (χ0v) is 14.1. The van der Waals surface area contributed by atoms with E-state index in [0.29, 0.717) is 23.4 Å². The van der Waals surface area contributed by atoms with Crippen molar-refractivity contribution in [3.8, 4) is 11.1 Å². The van der Waals surface area contributed by atoms with Gasteiger partial charge in [0.05, 0.1) is 16.8 Å². The van der Waals surface area contributed by atoms with Crippen molar-refractivity contribution in [2.75, 3.05) is 5.32 Å². The first-order chi connectivity index (χ1) is 12.9. The van der Waals surface area contributed by atoms with E-state index in [1.54, 1.807) is 30.6 Å². The quantitative estimate of drug-likeness (QED) is 0.695. The van der Waals surface area contributed by atoms with Crippen LogP contribution in [0.25, 0.3) is 11.1 Å². The highest BCUT2D eigenvalue weighted by Gasteiger charge is 2.30. The molecule has 0 unspecified atom stereocenters. The molecule has 1 heterocycles. The third-order valence-electron chi connectivity index (χ3n) is 4.07. The predicted molar refractivity (Wildman–Crippen MR) is 97.0 cm³/mol. The Morgan fingerprint density at radius 3 is 2.26 bits per heavy atom. The second kappa shape index (κ2) is 7.49. The van der Waals surface area contributed by atoms with Gasteiger partial charge in [0.1, 0.15) is 0 Å². The standard InChI is InChI=1S/C20H16F3N3O/c21-20(22,23)15-6-4-14(5-7-15)16-2-1-3-17(19(24)27)18(16)26-12-13-8-10-25-11-9-13/h1-11,26H,12H2,(H2,24,27). The highest BCUT2D eigenvalue weighted by molar-refractivity contribution is 6.02. The van der Waals surface area contributed by atoms with Gasteiger partial charge in [-0.05, 0) is 41.5 Å². The van der Waals surface area contributed by atoms with Crippen molar-refractivity contribution in [2.45, 2.75) is 12.7 Å². The zero-order valence-electron chi connectivity index (χ0n) is 14.1. The minimum Gasteiger partial charge on any atom is -0.380 e. The van der Waals surface area contributed by atoms with Crippen molar-refractivity contribution in [2.24, 2.45) is 5.73 Å². The summed E-state index contributed by atoms with van der Waals surface area (Å²) in [5, 5.41) is 3.17. The molecule has 1 amide bonds. The van der Waals surface area contributed by atoms with Gasteiger partial charge in [-0.15, -0.1) is 0 Å². The van der Waals surface area contributed by atoms with Crippen LogP contribution in [0.5, 0.6) is 0 Å². The number of carbonyl (C=O) groups is 1. The van der Waals surface area contributed by atoms with Gasteiger partial charge in [0, 0.05) is 24.5 Å². The molecule has 0 aliphatic heterocycles. The Morgan fingerprint density at radius 2 is 1.67 bits per heavy atom. The monoisotopic (exact) mass is 371 g/mol. The van der Waals surface area contributed by atoms with Crippen LogP contribution < -0.4 is 11.1 Å². The molecule has 27 heavy (non-hydrogen) atoms. The van der Waals surface area contributed by atoms with E-state index in [1.807, 2.05) is 12.1 Å². The maximum Gasteiger partial charge on any atom is 0.416 e. The Labute approximate surface area is 153 Å². The number of nitrogens with two attached hydrogens (primary N) is 1. The third-order valence-corrected chi connectivity index (χ3v) is 4.07. The molecule has 1 aromatic heterocycles. The van der Waals surface area contributed by atoms with E-state index >= 15 is 0 Å². The van der Waals surface area contributed by atoms with Crippen molar-refractivity contribution in [3.05, 3.63) is 83.7 Å². The first-order valence-corrected chi connectivity index (χ1v) is 8.09. The Bertz CT molecular complexity index is 939. The van der Waals surface area contributed by atoms with Crippen LogP contribution in [-0.4, -0.2) is 10.9 Å². The van der Waals surface area contributed by atoms with Crippen LogP contribution in [0.4, 0.5) is 18.9 Å². The van der Waals surface area contributed by atoms with E-state index in [1.165, 1.54) is 12.1 Å². The molecule has 3 aromatic rings. The van der Waals surface area contributed by atoms with Crippen LogP contribution in [0, 0.1) is 0 Å². The number of hydrogen-bond donors (Lipinski definition) is 2. The molecule has 0 fully saturated rings. The van der Waals surface area contributed by atoms with Crippen LogP contribution in [0.3, 0.4) is 0 Å². The average molecular weight is 371 g/mol. The normalized spacial score (nSPS) is 11.2. The number of nitrogens with zero attached hydrogens (tertiary/aromatic N) is 1. The lowest BCUT2D eigenvalue weighted by Crippen LogP contribution is -2.15. The highest BCUT2D eigenvalue weighted by Crippen LogP contribution is 2.34. The van der Waals surface area contributed by atoms with Gasteiger partial charge in [0.2, 0.25) is 0 Å². The minimum absolute atomic E-state index is 0.265. The van der Waals surface area contributed by atoms with Gasteiger partial charge in [-0.3, -0.25) is 9.78 Å². The van der Waals surface area contributed by atoms with Crippen LogP contribution in [0.1, 0.15) is 21.5 Å². The lowest BCUT2D eigenvalue weighted by atomic mass is 9.98. The largest absolute Gasteiger partial charge is 0.416 e.